The van der Waals surface area contributed by atoms with Gasteiger partial charge in [-0.2, -0.15) is 0 Å². The first-order valence-electron chi connectivity index (χ1n) is 6.06. The third kappa shape index (κ3) is 4.97. The third-order valence-corrected chi connectivity index (χ3v) is 2.65. The molecule has 3 heteroatoms. The van der Waals surface area contributed by atoms with E-state index in [-0.39, 0.29) is 11.9 Å². The van der Waals surface area contributed by atoms with Crippen molar-refractivity contribution >= 4 is 0 Å². The van der Waals surface area contributed by atoms with E-state index in [0.717, 1.165) is 37.9 Å². The number of terminal acetylenes is 1. The summed E-state index contributed by atoms with van der Waals surface area (Å²) >= 11 is 0. The van der Waals surface area contributed by atoms with Crippen LogP contribution >= 0.6 is 0 Å². The predicted molar refractivity (Wildman–Crippen MR) is 67.9 cm³/mol. The second kappa shape index (κ2) is 7.81. The SMILES string of the molecule is C#CCCCCNC(CC)c1ccc(F)cn1. The highest BCUT2D eigenvalue weighted by molar-refractivity contribution is 5.09. The van der Waals surface area contributed by atoms with Crippen LogP contribution in [0, 0.1) is 18.2 Å². The minimum atomic E-state index is -0.294. The molecule has 0 radical (unpaired) electrons. The fraction of sp³-hybridized carbons (Fsp3) is 0.500. The number of nitrogens with one attached hydrogen (secondary N) is 1. The molecule has 0 aliphatic heterocycles. The molecule has 2 nitrogen and oxygen atoms in total. The zero-order valence-corrected chi connectivity index (χ0v) is 10.2. The van der Waals surface area contributed by atoms with E-state index in [1.54, 1.807) is 6.07 Å². The molecule has 0 bridgehead atoms. The maximum atomic E-state index is 12.7. The van der Waals surface area contributed by atoms with Crippen LogP contribution in [0.5, 0.6) is 0 Å². The minimum absolute atomic E-state index is 0.196. The highest BCUT2D eigenvalue weighted by atomic mass is 19.1. The second-order valence-corrected chi connectivity index (χ2v) is 3.98. The van der Waals surface area contributed by atoms with Crippen molar-refractivity contribution in [2.75, 3.05) is 6.54 Å². The Morgan fingerprint density at radius 1 is 1.47 bits per heavy atom. The van der Waals surface area contributed by atoms with Gasteiger partial charge >= 0.3 is 0 Å². The molecule has 1 N–H and O–H groups in total. The van der Waals surface area contributed by atoms with Crippen LogP contribution in [0.1, 0.15) is 44.3 Å². The van der Waals surface area contributed by atoms with Crippen LogP contribution < -0.4 is 5.32 Å². The molecule has 0 saturated heterocycles. The molecule has 0 saturated carbocycles. The Balaban J connectivity index is 2.38. The van der Waals surface area contributed by atoms with Crippen molar-refractivity contribution in [2.24, 2.45) is 0 Å². The van der Waals surface area contributed by atoms with Crippen molar-refractivity contribution < 1.29 is 4.39 Å². The molecule has 1 aromatic heterocycles. The van der Waals surface area contributed by atoms with Crippen molar-refractivity contribution in [1.82, 2.24) is 10.3 Å². The van der Waals surface area contributed by atoms with E-state index in [2.05, 4.69) is 23.1 Å². The van der Waals surface area contributed by atoms with E-state index in [0.29, 0.717) is 0 Å². The summed E-state index contributed by atoms with van der Waals surface area (Å²) in [6.07, 6.45) is 10.3. The van der Waals surface area contributed by atoms with Crippen molar-refractivity contribution in [3.63, 3.8) is 0 Å². The van der Waals surface area contributed by atoms with Gasteiger partial charge in [-0.1, -0.05) is 6.92 Å². The van der Waals surface area contributed by atoms with Gasteiger partial charge in [0.25, 0.3) is 0 Å². The number of hydrogen-bond donors (Lipinski definition) is 1. The van der Waals surface area contributed by atoms with Gasteiger partial charge in [0.2, 0.25) is 0 Å². The second-order valence-electron chi connectivity index (χ2n) is 3.98. The van der Waals surface area contributed by atoms with Crippen LogP contribution in [-0.2, 0) is 0 Å². The largest absolute Gasteiger partial charge is 0.309 e. The molecule has 1 rings (SSSR count). The number of halogens is 1. The lowest BCUT2D eigenvalue weighted by Crippen LogP contribution is -2.22. The van der Waals surface area contributed by atoms with Gasteiger partial charge in [0, 0.05) is 12.5 Å². The molecule has 1 atom stereocenters. The Hall–Kier alpha value is -1.40. The Morgan fingerprint density at radius 3 is 2.88 bits per heavy atom. The molecule has 1 aromatic rings. The average Bonchev–Trinajstić information content (AvgIpc) is 2.35. The summed E-state index contributed by atoms with van der Waals surface area (Å²) in [6, 6.07) is 3.38. The van der Waals surface area contributed by atoms with Crippen molar-refractivity contribution in [3.8, 4) is 12.3 Å². The molecule has 0 aromatic carbocycles. The lowest BCUT2D eigenvalue weighted by atomic mass is 10.1. The maximum Gasteiger partial charge on any atom is 0.141 e. The van der Waals surface area contributed by atoms with E-state index in [4.69, 9.17) is 6.42 Å². The van der Waals surface area contributed by atoms with Gasteiger partial charge in [-0.05, 0) is 37.9 Å². The summed E-state index contributed by atoms with van der Waals surface area (Å²) < 4.78 is 12.7. The van der Waals surface area contributed by atoms with Gasteiger partial charge < -0.3 is 5.32 Å². The Kier molecular flexibility index (Phi) is 6.27. The van der Waals surface area contributed by atoms with E-state index in [1.807, 2.05) is 0 Å². The monoisotopic (exact) mass is 234 g/mol. The van der Waals surface area contributed by atoms with Crippen molar-refractivity contribution in [2.45, 2.75) is 38.6 Å². The molecule has 1 unspecified atom stereocenters. The summed E-state index contributed by atoms with van der Waals surface area (Å²) in [5.74, 6) is 2.33. The number of hydrogen-bond acceptors (Lipinski definition) is 2. The first kappa shape index (κ1) is 13.7. The Morgan fingerprint density at radius 2 is 2.29 bits per heavy atom. The molecular weight excluding hydrogens is 215 g/mol. The van der Waals surface area contributed by atoms with Crippen LogP contribution in [0.3, 0.4) is 0 Å². The smallest absolute Gasteiger partial charge is 0.141 e. The van der Waals surface area contributed by atoms with Crippen molar-refractivity contribution in [1.29, 1.82) is 0 Å². The summed E-state index contributed by atoms with van der Waals surface area (Å²) in [7, 11) is 0. The van der Waals surface area contributed by atoms with Gasteiger partial charge in [-0.15, -0.1) is 12.3 Å². The lowest BCUT2D eigenvalue weighted by molar-refractivity contribution is 0.492. The number of nitrogens with zero attached hydrogens (tertiary/aromatic N) is 1. The first-order valence-corrected chi connectivity index (χ1v) is 6.06. The number of rotatable bonds is 7. The molecular formula is C14H19FN2. The van der Waals surface area contributed by atoms with Gasteiger partial charge in [0.15, 0.2) is 0 Å². The summed E-state index contributed by atoms with van der Waals surface area (Å²) in [5.41, 5.74) is 0.894. The quantitative estimate of drug-likeness (QED) is 0.579. The van der Waals surface area contributed by atoms with Crippen LogP contribution in [-0.4, -0.2) is 11.5 Å². The molecule has 0 aliphatic carbocycles. The van der Waals surface area contributed by atoms with Crippen LogP contribution in [0.15, 0.2) is 18.3 Å². The molecule has 0 fully saturated rings. The van der Waals surface area contributed by atoms with E-state index < -0.39 is 0 Å². The molecule has 0 amide bonds. The summed E-state index contributed by atoms with van der Waals surface area (Å²) in [4.78, 5) is 4.09. The van der Waals surface area contributed by atoms with E-state index in [9.17, 15) is 4.39 Å². The van der Waals surface area contributed by atoms with Crippen LogP contribution in [0.2, 0.25) is 0 Å². The predicted octanol–water partition coefficient (Wildman–Crippen LogP) is 3.06. The minimum Gasteiger partial charge on any atom is -0.309 e. The third-order valence-electron chi connectivity index (χ3n) is 2.65. The average molecular weight is 234 g/mol. The Labute approximate surface area is 103 Å². The summed E-state index contributed by atoms with van der Waals surface area (Å²) in [6.45, 7) is 3.00. The fourth-order valence-corrected chi connectivity index (χ4v) is 1.68. The molecule has 0 spiro atoms. The van der Waals surface area contributed by atoms with Gasteiger partial charge in [-0.25, -0.2) is 4.39 Å². The van der Waals surface area contributed by atoms with Crippen molar-refractivity contribution in [3.05, 3.63) is 29.8 Å². The Bertz CT molecular complexity index is 353. The standard InChI is InChI=1S/C14H19FN2/c1-3-5-6-7-10-16-13(4-2)14-9-8-12(15)11-17-14/h1,8-9,11,13,16H,4-7,10H2,2H3. The molecule has 92 valence electrons. The fourth-order valence-electron chi connectivity index (χ4n) is 1.68. The highest BCUT2D eigenvalue weighted by Crippen LogP contribution is 2.14. The van der Waals surface area contributed by atoms with Gasteiger partial charge in [0.1, 0.15) is 5.82 Å². The first-order chi connectivity index (χ1) is 8.27. The topological polar surface area (TPSA) is 24.9 Å². The number of pyridine rings is 1. The lowest BCUT2D eigenvalue weighted by Gasteiger charge is -2.16. The number of unbranched alkanes of at least 4 members (excludes halogenated alkanes) is 2. The molecule has 0 aliphatic rings. The maximum absolute atomic E-state index is 12.7. The van der Waals surface area contributed by atoms with Gasteiger partial charge in [0.05, 0.1) is 11.9 Å². The zero-order chi connectivity index (χ0) is 12.5. The van der Waals surface area contributed by atoms with Crippen LogP contribution in [0.25, 0.3) is 0 Å². The van der Waals surface area contributed by atoms with Crippen LogP contribution in [0.4, 0.5) is 4.39 Å². The number of aromatic nitrogens is 1. The zero-order valence-electron chi connectivity index (χ0n) is 10.2. The normalized spacial score (nSPS) is 12.1. The van der Waals surface area contributed by atoms with E-state index in [1.165, 1.54) is 12.3 Å². The van der Waals surface area contributed by atoms with E-state index >= 15 is 0 Å². The van der Waals surface area contributed by atoms with Gasteiger partial charge in [-0.3, -0.25) is 4.98 Å². The molecule has 1 heterocycles. The highest BCUT2D eigenvalue weighted by Gasteiger charge is 2.09. The molecule has 17 heavy (non-hydrogen) atoms. The summed E-state index contributed by atoms with van der Waals surface area (Å²) in [5, 5.41) is 3.41.